The van der Waals surface area contributed by atoms with Crippen LogP contribution in [0.2, 0.25) is 0 Å². The third kappa shape index (κ3) is 3.57. The normalized spacial score (nSPS) is 15.1. The second-order valence-electron chi connectivity index (χ2n) is 7.24. The summed E-state index contributed by atoms with van der Waals surface area (Å²) < 4.78 is 11.1. The molecule has 0 unspecified atom stereocenters. The van der Waals surface area contributed by atoms with Gasteiger partial charge in [0.15, 0.2) is 0 Å². The summed E-state index contributed by atoms with van der Waals surface area (Å²) >= 11 is 0. The van der Waals surface area contributed by atoms with Crippen LogP contribution in [0, 0.1) is 11.3 Å². The van der Waals surface area contributed by atoms with Crippen molar-refractivity contribution >= 4 is 5.69 Å². The molecule has 0 radical (unpaired) electrons. The molecule has 158 valence electrons. The second-order valence-corrected chi connectivity index (χ2v) is 7.24. The number of benzene rings is 2. The lowest BCUT2D eigenvalue weighted by molar-refractivity contribution is 0.379. The molecule has 7 heteroatoms. The van der Waals surface area contributed by atoms with Crippen LogP contribution in [0.15, 0.2) is 60.0 Å². The molecule has 2 aromatic carbocycles. The molecule has 4 rings (SSSR count). The molecular formula is C24H25N5O2. The van der Waals surface area contributed by atoms with E-state index in [0.29, 0.717) is 11.5 Å². The SMILES string of the molecule is CCN(CC)c1ccc([C@H]2C(C#N)=C(N)Oc3n[nH]c(-c4cccc(OC)c4)c32)cc1. The molecule has 3 aromatic rings. The van der Waals surface area contributed by atoms with E-state index in [1.165, 1.54) is 0 Å². The minimum absolute atomic E-state index is 0.0801. The summed E-state index contributed by atoms with van der Waals surface area (Å²) in [5.41, 5.74) is 11.0. The van der Waals surface area contributed by atoms with Gasteiger partial charge in [-0.2, -0.15) is 5.26 Å². The Hall–Kier alpha value is -3.92. The van der Waals surface area contributed by atoms with E-state index in [9.17, 15) is 5.26 Å². The topological polar surface area (TPSA) is 100 Å². The number of nitrogens with zero attached hydrogens (tertiary/aromatic N) is 3. The first-order chi connectivity index (χ1) is 15.1. The van der Waals surface area contributed by atoms with Crippen LogP contribution in [0.1, 0.15) is 30.9 Å². The molecule has 0 saturated carbocycles. The van der Waals surface area contributed by atoms with Crippen molar-refractivity contribution in [1.29, 1.82) is 5.26 Å². The van der Waals surface area contributed by atoms with Crippen LogP contribution >= 0.6 is 0 Å². The summed E-state index contributed by atoms with van der Waals surface area (Å²) in [7, 11) is 1.63. The van der Waals surface area contributed by atoms with E-state index in [-0.39, 0.29) is 11.8 Å². The van der Waals surface area contributed by atoms with Gasteiger partial charge in [0.2, 0.25) is 11.8 Å². The number of rotatable bonds is 6. The highest BCUT2D eigenvalue weighted by Gasteiger charge is 2.35. The van der Waals surface area contributed by atoms with Crippen LogP contribution in [0.3, 0.4) is 0 Å². The Morgan fingerprint density at radius 1 is 1.19 bits per heavy atom. The highest BCUT2D eigenvalue weighted by molar-refractivity contribution is 5.72. The molecule has 0 saturated heterocycles. The lowest BCUT2D eigenvalue weighted by Crippen LogP contribution is -2.22. The van der Waals surface area contributed by atoms with E-state index in [0.717, 1.165) is 46.9 Å². The summed E-state index contributed by atoms with van der Waals surface area (Å²) in [6.45, 7) is 6.11. The molecule has 31 heavy (non-hydrogen) atoms. The molecule has 0 amide bonds. The van der Waals surface area contributed by atoms with E-state index in [1.54, 1.807) is 7.11 Å². The maximum Gasteiger partial charge on any atom is 0.244 e. The van der Waals surface area contributed by atoms with Crippen molar-refractivity contribution in [3.05, 3.63) is 71.1 Å². The average molecular weight is 415 g/mol. The van der Waals surface area contributed by atoms with Crippen LogP contribution in [-0.4, -0.2) is 30.4 Å². The maximum absolute atomic E-state index is 9.89. The van der Waals surface area contributed by atoms with Crippen LogP contribution < -0.4 is 20.1 Å². The van der Waals surface area contributed by atoms with E-state index in [4.69, 9.17) is 15.2 Å². The molecule has 0 fully saturated rings. The molecule has 0 bridgehead atoms. The predicted molar refractivity (Wildman–Crippen MR) is 120 cm³/mol. The standard InChI is InChI=1S/C24H25N5O2/c1-4-29(5-2)17-11-9-15(10-12-17)20-19(14-25)23(26)31-24-21(20)22(27-28-24)16-7-6-8-18(13-16)30-3/h6-13,20H,4-5,26H2,1-3H3,(H,27,28)/t20-/m0/s1. The number of methoxy groups -OCH3 is 1. The monoisotopic (exact) mass is 415 g/mol. The van der Waals surface area contributed by atoms with Gasteiger partial charge in [-0.15, -0.1) is 5.10 Å². The molecule has 1 aromatic heterocycles. The number of aromatic nitrogens is 2. The predicted octanol–water partition coefficient (Wildman–Crippen LogP) is 4.15. The Kier molecular flexibility index (Phi) is 5.54. The number of ether oxygens (including phenoxy) is 2. The Balaban J connectivity index is 1.85. The van der Waals surface area contributed by atoms with Gasteiger partial charge in [-0.3, -0.25) is 5.10 Å². The molecule has 1 aliphatic rings. The lowest BCUT2D eigenvalue weighted by Gasteiger charge is -2.25. The first-order valence-electron chi connectivity index (χ1n) is 10.3. The average Bonchev–Trinajstić information content (AvgIpc) is 3.23. The second kappa shape index (κ2) is 8.44. The van der Waals surface area contributed by atoms with Gasteiger partial charge in [0.25, 0.3) is 0 Å². The maximum atomic E-state index is 9.89. The van der Waals surface area contributed by atoms with Gasteiger partial charge < -0.3 is 20.1 Å². The minimum Gasteiger partial charge on any atom is -0.497 e. The number of fused-ring (bicyclic) bond motifs is 1. The Morgan fingerprint density at radius 2 is 1.94 bits per heavy atom. The minimum atomic E-state index is -0.389. The van der Waals surface area contributed by atoms with Crippen LogP contribution in [0.4, 0.5) is 5.69 Å². The van der Waals surface area contributed by atoms with Crippen LogP contribution in [-0.2, 0) is 0 Å². The number of nitriles is 1. The van der Waals surface area contributed by atoms with Crippen molar-refractivity contribution in [3.63, 3.8) is 0 Å². The fourth-order valence-corrected chi connectivity index (χ4v) is 4.04. The van der Waals surface area contributed by atoms with Gasteiger partial charge in [0.1, 0.15) is 17.4 Å². The third-order valence-electron chi connectivity index (χ3n) is 5.65. The largest absolute Gasteiger partial charge is 0.497 e. The highest BCUT2D eigenvalue weighted by atomic mass is 16.5. The fraction of sp³-hybridized carbons (Fsp3) is 0.250. The van der Waals surface area contributed by atoms with Crippen molar-refractivity contribution in [3.8, 4) is 29.0 Å². The highest BCUT2D eigenvalue weighted by Crippen LogP contribution is 2.46. The van der Waals surface area contributed by atoms with E-state index >= 15 is 0 Å². The van der Waals surface area contributed by atoms with Gasteiger partial charge in [-0.05, 0) is 43.7 Å². The number of aromatic amines is 1. The number of hydrogen-bond acceptors (Lipinski definition) is 6. The van der Waals surface area contributed by atoms with Crippen LogP contribution in [0.25, 0.3) is 11.3 Å². The summed E-state index contributed by atoms with van der Waals surface area (Å²) in [5.74, 6) is 0.802. The summed E-state index contributed by atoms with van der Waals surface area (Å²) in [5, 5.41) is 17.3. The number of hydrogen-bond donors (Lipinski definition) is 2. The van der Waals surface area contributed by atoms with Gasteiger partial charge >= 0.3 is 0 Å². The number of nitrogens with one attached hydrogen (secondary N) is 1. The summed E-state index contributed by atoms with van der Waals surface area (Å²) in [6.07, 6.45) is 0. The van der Waals surface area contributed by atoms with Crippen molar-refractivity contribution in [2.75, 3.05) is 25.1 Å². The van der Waals surface area contributed by atoms with Crippen molar-refractivity contribution in [2.45, 2.75) is 19.8 Å². The first-order valence-corrected chi connectivity index (χ1v) is 10.3. The molecule has 1 atom stereocenters. The van der Waals surface area contributed by atoms with Crippen molar-refractivity contribution in [2.24, 2.45) is 5.73 Å². The Labute approximate surface area is 181 Å². The number of H-pyrrole nitrogens is 1. The first kappa shape index (κ1) is 20.4. The fourth-order valence-electron chi connectivity index (χ4n) is 4.04. The molecule has 7 nitrogen and oxygen atoms in total. The lowest BCUT2D eigenvalue weighted by atomic mass is 9.83. The zero-order valence-electron chi connectivity index (χ0n) is 17.8. The molecular weight excluding hydrogens is 390 g/mol. The van der Waals surface area contributed by atoms with Gasteiger partial charge in [0.05, 0.1) is 24.3 Å². The summed E-state index contributed by atoms with van der Waals surface area (Å²) in [4.78, 5) is 2.27. The quantitative estimate of drug-likeness (QED) is 0.627. The van der Waals surface area contributed by atoms with Gasteiger partial charge in [0, 0.05) is 24.3 Å². The summed E-state index contributed by atoms with van der Waals surface area (Å²) in [6, 6.07) is 18.2. The molecule has 0 spiro atoms. The smallest absolute Gasteiger partial charge is 0.244 e. The Bertz CT molecular complexity index is 1150. The zero-order valence-corrected chi connectivity index (χ0v) is 17.8. The van der Waals surface area contributed by atoms with Crippen LogP contribution in [0.5, 0.6) is 11.6 Å². The van der Waals surface area contributed by atoms with Gasteiger partial charge in [-0.1, -0.05) is 24.3 Å². The van der Waals surface area contributed by atoms with E-state index in [1.807, 2.05) is 36.4 Å². The van der Waals surface area contributed by atoms with E-state index < -0.39 is 0 Å². The molecule has 2 heterocycles. The van der Waals surface area contributed by atoms with Crippen molar-refractivity contribution in [1.82, 2.24) is 10.2 Å². The van der Waals surface area contributed by atoms with Gasteiger partial charge in [-0.25, -0.2) is 0 Å². The molecule has 1 aliphatic heterocycles. The third-order valence-corrected chi connectivity index (χ3v) is 5.65. The number of allylic oxidation sites excluding steroid dienone is 1. The number of nitrogens with two attached hydrogens (primary N) is 1. The molecule has 0 aliphatic carbocycles. The molecule has 3 N–H and O–H groups in total. The zero-order chi connectivity index (χ0) is 22.0. The Morgan fingerprint density at radius 3 is 2.58 bits per heavy atom. The number of anilines is 1. The van der Waals surface area contributed by atoms with Crippen molar-refractivity contribution < 1.29 is 9.47 Å². The van der Waals surface area contributed by atoms with E-state index in [2.05, 4.69) is 47.1 Å².